The van der Waals surface area contributed by atoms with Gasteiger partial charge in [0.05, 0.1) is 0 Å². The molecular formula is C19H25N3O. The van der Waals surface area contributed by atoms with E-state index >= 15 is 0 Å². The van der Waals surface area contributed by atoms with Crippen molar-refractivity contribution in [2.45, 2.75) is 19.4 Å². The van der Waals surface area contributed by atoms with Crippen LogP contribution in [0.4, 0.5) is 5.69 Å². The molecule has 1 saturated heterocycles. The molecule has 122 valence electrons. The van der Waals surface area contributed by atoms with Crippen LogP contribution >= 0.6 is 0 Å². The Hall–Kier alpha value is -2.04. The van der Waals surface area contributed by atoms with Crippen molar-refractivity contribution in [3.8, 4) is 5.75 Å². The minimum absolute atomic E-state index is 0.767. The number of hydrogen-bond acceptors (Lipinski definition) is 4. The van der Waals surface area contributed by atoms with Crippen LogP contribution in [0.15, 0.2) is 54.6 Å². The largest absolute Gasteiger partial charge is 0.492 e. The predicted octanol–water partition coefficient (Wildman–Crippen LogP) is 3.28. The number of likely N-dealkylation sites (tertiary alicyclic amines) is 1. The van der Waals surface area contributed by atoms with Gasteiger partial charge in [-0.15, -0.1) is 0 Å². The fourth-order valence-electron chi connectivity index (χ4n) is 2.77. The van der Waals surface area contributed by atoms with Crippen LogP contribution in [0.2, 0.25) is 0 Å². The third-order valence-electron chi connectivity index (χ3n) is 4.10. The summed E-state index contributed by atoms with van der Waals surface area (Å²) in [7, 11) is 0. The SMILES string of the molecule is c1ccc(NNCc2ccc(OCCN3CCCC3)cc2)cc1. The van der Waals surface area contributed by atoms with Crippen molar-refractivity contribution in [1.82, 2.24) is 10.3 Å². The number of para-hydroxylation sites is 1. The Morgan fingerprint density at radius 1 is 0.913 bits per heavy atom. The molecule has 2 N–H and O–H groups in total. The van der Waals surface area contributed by atoms with Crippen LogP contribution in [0, 0.1) is 0 Å². The molecule has 0 aliphatic carbocycles. The number of rotatable bonds is 8. The average molecular weight is 311 g/mol. The molecule has 0 unspecified atom stereocenters. The van der Waals surface area contributed by atoms with Gasteiger partial charge in [0.1, 0.15) is 12.4 Å². The summed E-state index contributed by atoms with van der Waals surface area (Å²) in [6.45, 7) is 5.02. The van der Waals surface area contributed by atoms with Crippen molar-refractivity contribution in [3.63, 3.8) is 0 Å². The minimum Gasteiger partial charge on any atom is -0.492 e. The highest BCUT2D eigenvalue weighted by molar-refractivity contribution is 5.41. The summed E-state index contributed by atoms with van der Waals surface area (Å²) in [6.07, 6.45) is 2.66. The summed E-state index contributed by atoms with van der Waals surface area (Å²) >= 11 is 0. The molecule has 1 heterocycles. The van der Waals surface area contributed by atoms with Gasteiger partial charge in [-0.1, -0.05) is 30.3 Å². The van der Waals surface area contributed by atoms with Crippen LogP contribution in [0.3, 0.4) is 0 Å². The highest BCUT2D eigenvalue weighted by Gasteiger charge is 2.10. The maximum absolute atomic E-state index is 5.82. The van der Waals surface area contributed by atoms with E-state index in [0.29, 0.717) is 0 Å². The number of hydrogen-bond donors (Lipinski definition) is 2. The topological polar surface area (TPSA) is 36.5 Å². The Labute approximate surface area is 138 Å². The monoisotopic (exact) mass is 311 g/mol. The van der Waals surface area contributed by atoms with Gasteiger partial charge < -0.3 is 10.2 Å². The summed E-state index contributed by atoms with van der Waals surface area (Å²) < 4.78 is 5.82. The fraction of sp³-hybridized carbons (Fsp3) is 0.368. The predicted molar refractivity (Wildman–Crippen MR) is 94.5 cm³/mol. The molecule has 0 amide bonds. The molecule has 0 aromatic heterocycles. The van der Waals surface area contributed by atoms with Crippen LogP contribution in [0.1, 0.15) is 18.4 Å². The highest BCUT2D eigenvalue weighted by atomic mass is 16.5. The Kier molecular flexibility index (Phi) is 5.89. The molecule has 0 bridgehead atoms. The summed E-state index contributed by atoms with van der Waals surface area (Å²) in [5, 5.41) is 0. The van der Waals surface area contributed by atoms with Crippen molar-refractivity contribution in [2.75, 3.05) is 31.7 Å². The number of benzene rings is 2. The third-order valence-corrected chi connectivity index (χ3v) is 4.10. The van der Waals surface area contributed by atoms with E-state index in [1.165, 1.54) is 31.5 Å². The van der Waals surface area contributed by atoms with Crippen molar-refractivity contribution < 1.29 is 4.74 Å². The van der Waals surface area contributed by atoms with Crippen LogP contribution in [0.5, 0.6) is 5.75 Å². The van der Waals surface area contributed by atoms with Gasteiger partial charge in [-0.2, -0.15) is 0 Å². The van der Waals surface area contributed by atoms with Gasteiger partial charge in [0.15, 0.2) is 0 Å². The first-order valence-corrected chi connectivity index (χ1v) is 8.38. The summed E-state index contributed by atoms with van der Waals surface area (Å²) in [6, 6.07) is 18.4. The first kappa shape index (κ1) is 15.8. The zero-order valence-electron chi connectivity index (χ0n) is 13.5. The molecule has 4 nitrogen and oxygen atoms in total. The lowest BCUT2D eigenvalue weighted by Crippen LogP contribution is -2.25. The lowest BCUT2D eigenvalue weighted by molar-refractivity contribution is 0.238. The lowest BCUT2D eigenvalue weighted by atomic mass is 10.2. The summed E-state index contributed by atoms with van der Waals surface area (Å²) in [4.78, 5) is 2.47. The van der Waals surface area contributed by atoms with Crippen molar-refractivity contribution in [2.24, 2.45) is 0 Å². The van der Waals surface area contributed by atoms with E-state index in [1.807, 2.05) is 42.5 Å². The number of ether oxygens (including phenoxy) is 1. The number of anilines is 1. The maximum atomic E-state index is 5.82. The van der Waals surface area contributed by atoms with E-state index in [2.05, 4.69) is 27.9 Å². The van der Waals surface area contributed by atoms with Crippen LogP contribution in [0.25, 0.3) is 0 Å². The average Bonchev–Trinajstić information content (AvgIpc) is 3.11. The molecule has 2 aromatic carbocycles. The third kappa shape index (κ3) is 5.27. The molecule has 0 spiro atoms. The molecule has 2 aromatic rings. The van der Waals surface area contributed by atoms with E-state index in [0.717, 1.165) is 31.1 Å². The van der Waals surface area contributed by atoms with E-state index in [4.69, 9.17) is 4.74 Å². The second kappa shape index (κ2) is 8.56. The van der Waals surface area contributed by atoms with E-state index < -0.39 is 0 Å². The Morgan fingerprint density at radius 2 is 1.65 bits per heavy atom. The second-order valence-electron chi connectivity index (χ2n) is 5.89. The molecular weight excluding hydrogens is 286 g/mol. The number of hydrazine groups is 1. The molecule has 0 radical (unpaired) electrons. The molecule has 3 rings (SSSR count). The number of nitrogens with zero attached hydrogens (tertiary/aromatic N) is 1. The van der Waals surface area contributed by atoms with Gasteiger partial charge in [-0.05, 0) is 55.8 Å². The molecule has 4 heteroatoms. The summed E-state index contributed by atoms with van der Waals surface area (Å²) in [5.41, 5.74) is 8.69. The van der Waals surface area contributed by atoms with Crippen LogP contribution in [-0.2, 0) is 6.54 Å². The van der Waals surface area contributed by atoms with Gasteiger partial charge >= 0.3 is 0 Å². The quantitative estimate of drug-likeness (QED) is 0.734. The van der Waals surface area contributed by atoms with Gasteiger partial charge in [-0.3, -0.25) is 4.90 Å². The van der Waals surface area contributed by atoms with E-state index in [9.17, 15) is 0 Å². The van der Waals surface area contributed by atoms with Gasteiger partial charge in [0, 0.05) is 18.8 Å². The molecule has 23 heavy (non-hydrogen) atoms. The molecule has 0 saturated carbocycles. The van der Waals surface area contributed by atoms with Gasteiger partial charge in [0.2, 0.25) is 0 Å². The van der Waals surface area contributed by atoms with Crippen LogP contribution in [-0.4, -0.2) is 31.1 Å². The van der Waals surface area contributed by atoms with Gasteiger partial charge in [-0.25, -0.2) is 5.43 Å². The molecule has 1 aliphatic heterocycles. The normalized spacial score (nSPS) is 14.8. The zero-order chi connectivity index (χ0) is 15.7. The maximum Gasteiger partial charge on any atom is 0.119 e. The summed E-state index contributed by atoms with van der Waals surface area (Å²) in [5.74, 6) is 0.948. The fourth-order valence-corrected chi connectivity index (χ4v) is 2.77. The Bertz CT molecular complexity index is 565. The van der Waals surface area contributed by atoms with Crippen molar-refractivity contribution in [3.05, 3.63) is 60.2 Å². The first-order valence-electron chi connectivity index (χ1n) is 8.38. The lowest BCUT2D eigenvalue weighted by Gasteiger charge is -2.15. The Morgan fingerprint density at radius 3 is 2.39 bits per heavy atom. The second-order valence-corrected chi connectivity index (χ2v) is 5.89. The number of nitrogens with one attached hydrogen (secondary N) is 2. The van der Waals surface area contributed by atoms with Crippen LogP contribution < -0.4 is 15.6 Å². The first-order chi connectivity index (χ1) is 11.4. The molecule has 1 aliphatic rings. The van der Waals surface area contributed by atoms with Gasteiger partial charge in [0.25, 0.3) is 0 Å². The Balaban J connectivity index is 1.36. The van der Waals surface area contributed by atoms with E-state index in [1.54, 1.807) is 0 Å². The van der Waals surface area contributed by atoms with Crippen molar-refractivity contribution in [1.29, 1.82) is 0 Å². The minimum atomic E-state index is 0.767. The molecule has 1 fully saturated rings. The molecule has 0 atom stereocenters. The highest BCUT2D eigenvalue weighted by Crippen LogP contribution is 2.13. The standard InChI is InChI=1S/C19H25N3O/c1-2-6-18(7-3-1)21-20-16-17-8-10-19(11-9-17)23-15-14-22-12-4-5-13-22/h1-3,6-11,20-21H,4-5,12-16H2. The van der Waals surface area contributed by atoms with E-state index in [-0.39, 0.29) is 0 Å². The zero-order valence-corrected chi connectivity index (χ0v) is 13.5. The van der Waals surface area contributed by atoms with Crippen molar-refractivity contribution >= 4 is 5.69 Å². The smallest absolute Gasteiger partial charge is 0.119 e.